The highest BCUT2D eigenvalue weighted by molar-refractivity contribution is 5.54. The number of aliphatic hydroxyl groups is 1. The van der Waals surface area contributed by atoms with Gasteiger partial charge in [0.1, 0.15) is 0 Å². The summed E-state index contributed by atoms with van der Waals surface area (Å²) in [7, 11) is 0. The summed E-state index contributed by atoms with van der Waals surface area (Å²) in [6, 6.07) is 9.19. The summed E-state index contributed by atoms with van der Waals surface area (Å²) in [5.41, 5.74) is 1.51. The van der Waals surface area contributed by atoms with Crippen molar-refractivity contribution < 1.29 is 9.63 Å². The predicted molar refractivity (Wildman–Crippen MR) is 77.0 cm³/mol. The Bertz CT molecular complexity index is 805. The van der Waals surface area contributed by atoms with Crippen molar-refractivity contribution in [3.05, 3.63) is 52.8 Å². The van der Waals surface area contributed by atoms with Crippen LogP contribution in [0.25, 0.3) is 11.4 Å². The second-order valence-electron chi connectivity index (χ2n) is 4.98. The van der Waals surface area contributed by atoms with Gasteiger partial charge in [0, 0.05) is 11.8 Å². The fourth-order valence-corrected chi connectivity index (χ4v) is 2.19. The number of aliphatic hydroxyl groups excluding tert-OH is 1. The van der Waals surface area contributed by atoms with Crippen LogP contribution in [0.5, 0.6) is 0 Å². The third-order valence-corrected chi connectivity index (χ3v) is 3.16. The summed E-state index contributed by atoms with van der Waals surface area (Å²) < 4.78 is 7.55. The van der Waals surface area contributed by atoms with E-state index in [0.717, 1.165) is 11.3 Å². The predicted octanol–water partition coefficient (Wildman–Crippen LogP) is 0.464. The Labute approximate surface area is 125 Å². The van der Waals surface area contributed by atoms with Gasteiger partial charge < -0.3 is 5.11 Å². The van der Waals surface area contributed by atoms with E-state index in [1.165, 1.54) is 9.25 Å². The molecule has 3 aromatic rings. The van der Waals surface area contributed by atoms with Crippen LogP contribution in [0, 0.1) is 6.92 Å². The summed E-state index contributed by atoms with van der Waals surface area (Å²) >= 11 is 0. The van der Waals surface area contributed by atoms with Crippen LogP contribution in [0.4, 0.5) is 0 Å². The molecule has 8 nitrogen and oxygen atoms in total. The SMILES string of the molecule is Cc1cn(CC(O)Cn2c(-c3ccccc3)noc2=O)nn1. The molecule has 1 unspecified atom stereocenters. The fraction of sp³-hybridized carbons (Fsp3) is 0.286. The van der Waals surface area contributed by atoms with Gasteiger partial charge in [-0.15, -0.1) is 5.10 Å². The number of aromatic nitrogens is 5. The van der Waals surface area contributed by atoms with E-state index in [0.29, 0.717) is 5.82 Å². The number of rotatable bonds is 5. The first kappa shape index (κ1) is 14.2. The van der Waals surface area contributed by atoms with Crippen LogP contribution in [-0.4, -0.2) is 35.9 Å². The lowest BCUT2D eigenvalue weighted by atomic mass is 10.2. The van der Waals surface area contributed by atoms with Crippen LogP contribution in [0.2, 0.25) is 0 Å². The zero-order valence-corrected chi connectivity index (χ0v) is 12.0. The largest absolute Gasteiger partial charge is 0.441 e. The Kier molecular flexibility index (Phi) is 3.84. The van der Waals surface area contributed by atoms with E-state index in [2.05, 4.69) is 15.5 Å². The Morgan fingerprint density at radius 2 is 2.05 bits per heavy atom. The zero-order valence-electron chi connectivity index (χ0n) is 12.0. The van der Waals surface area contributed by atoms with Crippen molar-refractivity contribution in [1.29, 1.82) is 0 Å². The van der Waals surface area contributed by atoms with Gasteiger partial charge in [-0.1, -0.05) is 40.7 Å². The smallest absolute Gasteiger partial charge is 0.389 e. The Hall–Kier alpha value is -2.74. The average Bonchev–Trinajstić information content (AvgIpc) is 3.07. The topological polar surface area (TPSA) is 99.0 Å². The maximum absolute atomic E-state index is 11.8. The van der Waals surface area contributed by atoms with Gasteiger partial charge >= 0.3 is 5.76 Å². The number of benzene rings is 1. The van der Waals surface area contributed by atoms with Crippen molar-refractivity contribution in [3.63, 3.8) is 0 Å². The highest BCUT2D eigenvalue weighted by Gasteiger charge is 2.16. The molecule has 3 rings (SSSR count). The molecule has 1 N–H and O–H groups in total. The summed E-state index contributed by atoms with van der Waals surface area (Å²) in [6.45, 7) is 2.10. The van der Waals surface area contributed by atoms with Crippen molar-refractivity contribution in [2.75, 3.05) is 0 Å². The summed E-state index contributed by atoms with van der Waals surface area (Å²) in [4.78, 5) is 11.8. The highest BCUT2D eigenvalue weighted by Crippen LogP contribution is 2.15. The molecule has 0 saturated heterocycles. The molecule has 2 heterocycles. The molecule has 8 heteroatoms. The van der Waals surface area contributed by atoms with Gasteiger partial charge in [-0.05, 0) is 6.92 Å². The highest BCUT2D eigenvalue weighted by atomic mass is 16.5. The van der Waals surface area contributed by atoms with Crippen LogP contribution in [0.15, 0.2) is 45.8 Å². The van der Waals surface area contributed by atoms with E-state index in [1.54, 1.807) is 6.20 Å². The van der Waals surface area contributed by atoms with Gasteiger partial charge in [0.05, 0.1) is 24.9 Å². The molecular weight excluding hydrogens is 286 g/mol. The van der Waals surface area contributed by atoms with Crippen LogP contribution in [0.3, 0.4) is 0 Å². The molecule has 1 aromatic carbocycles. The second-order valence-corrected chi connectivity index (χ2v) is 4.98. The lowest BCUT2D eigenvalue weighted by Gasteiger charge is -2.11. The van der Waals surface area contributed by atoms with Crippen molar-refractivity contribution >= 4 is 0 Å². The van der Waals surface area contributed by atoms with Crippen LogP contribution in [-0.2, 0) is 13.1 Å². The first-order chi connectivity index (χ1) is 10.6. The molecule has 22 heavy (non-hydrogen) atoms. The van der Waals surface area contributed by atoms with Gasteiger partial charge in [0.25, 0.3) is 0 Å². The van der Waals surface area contributed by atoms with Gasteiger partial charge in [-0.2, -0.15) is 0 Å². The minimum Gasteiger partial charge on any atom is -0.389 e. The normalized spacial score (nSPS) is 12.5. The number of hydrogen-bond acceptors (Lipinski definition) is 6. The maximum Gasteiger partial charge on any atom is 0.441 e. The van der Waals surface area contributed by atoms with Gasteiger partial charge in [-0.25, -0.2) is 9.48 Å². The van der Waals surface area contributed by atoms with E-state index >= 15 is 0 Å². The van der Waals surface area contributed by atoms with E-state index in [9.17, 15) is 9.90 Å². The van der Waals surface area contributed by atoms with Crippen molar-refractivity contribution in [2.24, 2.45) is 0 Å². The maximum atomic E-state index is 11.8. The molecule has 0 aliphatic heterocycles. The van der Waals surface area contributed by atoms with Crippen LogP contribution in [0.1, 0.15) is 5.69 Å². The lowest BCUT2D eigenvalue weighted by Crippen LogP contribution is -2.27. The van der Waals surface area contributed by atoms with Crippen LogP contribution < -0.4 is 5.76 Å². The average molecular weight is 301 g/mol. The van der Waals surface area contributed by atoms with Crippen molar-refractivity contribution in [1.82, 2.24) is 24.7 Å². The van der Waals surface area contributed by atoms with Crippen molar-refractivity contribution in [2.45, 2.75) is 26.1 Å². The third kappa shape index (κ3) is 2.96. The summed E-state index contributed by atoms with van der Waals surface area (Å²) in [6.07, 6.45) is 0.901. The van der Waals surface area contributed by atoms with E-state index in [4.69, 9.17) is 4.52 Å². The van der Waals surface area contributed by atoms with Gasteiger partial charge in [0.15, 0.2) is 5.82 Å². The standard InChI is InChI=1S/C14H15N5O3/c1-10-7-18(17-15-10)8-12(20)9-19-13(16-22-14(19)21)11-5-3-2-4-6-11/h2-7,12,20H,8-9H2,1H3. The minimum atomic E-state index is -0.819. The minimum absolute atomic E-state index is 0.0610. The first-order valence-electron chi connectivity index (χ1n) is 6.80. The molecule has 1 atom stereocenters. The molecule has 0 aliphatic carbocycles. The molecule has 2 aromatic heterocycles. The van der Waals surface area contributed by atoms with Gasteiger partial charge in [-0.3, -0.25) is 9.09 Å². The molecule has 0 amide bonds. The Balaban J connectivity index is 1.80. The van der Waals surface area contributed by atoms with E-state index < -0.39 is 11.9 Å². The third-order valence-electron chi connectivity index (χ3n) is 3.16. The monoisotopic (exact) mass is 301 g/mol. The molecule has 0 saturated carbocycles. The number of nitrogens with zero attached hydrogens (tertiary/aromatic N) is 5. The molecule has 0 radical (unpaired) electrons. The Morgan fingerprint density at radius 1 is 1.27 bits per heavy atom. The van der Waals surface area contributed by atoms with Crippen LogP contribution >= 0.6 is 0 Å². The van der Waals surface area contributed by atoms with E-state index in [-0.39, 0.29) is 13.1 Å². The Morgan fingerprint density at radius 3 is 2.73 bits per heavy atom. The lowest BCUT2D eigenvalue weighted by molar-refractivity contribution is 0.127. The van der Waals surface area contributed by atoms with E-state index in [1.807, 2.05) is 37.3 Å². The summed E-state index contributed by atoms with van der Waals surface area (Å²) in [5, 5.41) is 21.7. The molecule has 114 valence electrons. The van der Waals surface area contributed by atoms with Gasteiger partial charge in [0.2, 0.25) is 0 Å². The summed E-state index contributed by atoms with van der Waals surface area (Å²) in [5.74, 6) is -0.216. The molecular formula is C14H15N5O3. The molecule has 0 spiro atoms. The second kappa shape index (κ2) is 5.94. The number of hydrogen-bond donors (Lipinski definition) is 1. The first-order valence-corrected chi connectivity index (χ1v) is 6.80. The van der Waals surface area contributed by atoms with Crippen molar-refractivity contribution in [3.8, 4) is 11.4 Å². The fourth-order valence-electron chi connectivity index (χ4n) is 2.19. The quantitative estimate of drug-likeness (QED) is 0.735. The molecule has 0 bridgehead atoms. The molecule has 0 fully saturated rings. The molecule has 0 aliphatic rings. The number of aryl methyl sites for hydroxylation is 1. The zero-order chi connectivity index (χ0) is 15.5.